The molecule has 0 N–H and O–H groups in total. The Bertz CT molecular complexity index is 955. The second-order valence-corrected chi connectivity index (χ2v) is 7.93. The first-order chi connectivity index (χ1) is 12.6. The maximum Gasteiger partial charge on any atom is 0.209 e. The van der Waals surface area contributed by atoms with Crippen molar-refractivity contribution in [3.05, 3.63) is 64.0 Å². The molecule has 0 saturated carbocycles. The minimum atomic E-state index is 0.547. The summed E-state index contributed by atoms with van der Waals surface area (Å²) in [5.41, 5.74) is 6.06. The van der Waals surface area contributed by atoms with Gasteiger partial charge in [-0.2, -0.15) is 0 Å². The third kappa shape index (κ3) is 3.29. The first-order valence-electron chi connectivity index (χ1n) is 8.95. The lowest BCUT2D eigenvalue weighted by atomic mass is 9.93. The second-order valence-electron chi connectivity index (χ2n) is 6.87. The topological polar surface area (TPSA) is 34.5 Å². The van der Waals surface area contributed by atoms with E-state index in [4.69, 9.17) is 9.72 Å². The van der Waals surface area contributed by atoms with E-state index < -0.39 is 0 Å². The summed E-state index contributed by atoms with van der Waals surface area (Å²) in [4.78, 5) is 10.7. The Kier molecular flexibility index (Phi) is 4.60. The molecule has 4 rings (SSSR count). The summed E-state index contributed by atoms with van der Waals surface area (Å²) in [6.45, 7) is 4.41. The molecule has 4 heteroatoms. The molecule has 2 aromatic carbocycles. The maximum absolute atomic E-state index is 5.34. The minimum absolute atomic E-state index is 0.547. The molecule has 1 heterocycles. The fourth-order valence-electron chi connectivity index (χ4n) is 3.25. The van der Waals surface area contributed by atoms with Crippen LogP contribution >= 0.6 is 11.3 Å². The second kappa shape index (κ2) is 7.04. The lowest BCUT2D eigenvalue weighted by Gasteiger charge is -2.15. The number of rotatable bonds is 4. The van der Waals surface area contributed by atoms with Crippen molar-refractivity contribution in [3.63, 3.8) is 0 Å². The molecule has 1 aliphatic rings. The van der Waals surface area contributed by atoms with Gasteiger partial charge in [0.05, 0.1) is 12.8 Å². The summed E-state index contributed by atoms with van der Waals surface area (Å²) in [6.07, 6.45) is 3.96. The molecule has 1 aliphatic carbocycles. The van der Waals surface area contributed by atoms with E-state index in [9.17, 15) is 0 Å². The van der Waals surface area contributed by atoms with E-state index >= 15 is 0 Å². The maximum atomic E-state index is 5.34. The molecule has 0 amide bonds. The summed E-state index contributed by atoms with van der Waals surface area (Å²) in [5, 5.41) is 0.826. The van der Waals surface area contributed by atoms with Crippen LogP contribution in [0.1, 0.15) is 41.3 Å². The van der Waals surface area contributed by atoms with Crippen molar-refractivity contribution in [1.82, 2.24) is 4.98 Å². The van der Waals surface area contributed by atoms with E-state index in [0.717, 1.165) is 35.0 Å². The molecule has 0 aliphatic heterocycles. The molecule has 0 fully saturated rings. The highest BCUT2D eigenvalue weighted by atomic mass is 32.1. The number of aromatic nitrogens is 1. The standard InChI is InChI=1S/C22H22N2OS/c1-14(2)16-6-4-15(5-7-16)13-23-22-24-21-19-10-9-18(25-3)12-17(19)8-11-20(21)26-22/h4-7,9-10,12-14H,8,11H2,1-3H3. The molecule has 132 valence electrons. The number of hydrogen-bond donors (Lipinski definition) is 0. The Hall–Kier alpha value is -2.46. The number of ether oxygens (including phenoxy) is 1. The first kappa shape index (κ1) is 17.0. The van der Waals surface area contributed by atoms with Gasteiger partial charge in [0.25, 0.3) is 0 Å². The molecule has 0 atom stereocenters. The highest BCUT2D eigenvalue weighted by molar-refractivity contribution is 7.15. The molecule has 3 aromatic rings. The molecule has 1 aromatic heterocycles. The van der Waals surface area contributed by atoms with Crippen molar-refractivity contribution in [3.8, 4) is 17.0 Å². The average Bonchev–Trinajstić information content (AvgIpc) is 3.09. The number of benzene rings is 2. The normalized spacial score (nSPS) is 13.1. The largest absolute Gasteiger partial charge is 0.497 e. The van der Waals surface area contributed by atoms with Crippen LogP contribution in [0.5, 0.6) is 5.75 Å². The SMILES string of the molecule is COc1ccc2c(c1)CCc1sc(N=Cc3ccc(C(C)C)cc3)nc1-2. The van der Waals surface area contributed by atoms with E-state index in [-0.39, 0.29) is 0 Å². The highest BCUT2D eigenvalue weighted by Crippen LogP contribution is 2.40. The van der Waals surface area contributed by atoms with Gasteiger partial charge in [-0.25, -0.2) is 9.98 Å². The van der Waals surface area contributed by atoms with Gasteiger partial charge >= 0.3 is 0 Å². The molecule has 0 unspecified atom stereocenters. The van der Waals surface area contributed by atoms with Gasteiger partial charge in [0.15, 0.2) is 0 Å². The number of aliphatic imine (C=N–C) groups is 1. The summed E-state index contributed by atoms with van der Waals surface area (Å²) < 4.78 is 5.34. The fourth-order valence-corrected chi connectivity index (χ4v) is 4.17. The van der Waals surface area contributed by atoms with Gasteiger partial charge in [-0.1, -0.05) is 49.4 Å². The van der Waals surface area contributed by atoms with Crippen molar-refractivity contribution in [2.45, 2.75) is 32.6 Å². The van der Waals surface area contributed by atoms with Gasteiger partial charge in [0, 0.05) is 16.7 Å². The summed E-state index contributed by atoms with van der Waals surface area (Å²) in [7, 11) is 1.71. The van der Waals surface area contributed by atoms with Crippen LogP contribution in [0.4, 0.5) is 5.13 Å². The fraction of sp³-hybridized carbons (Fsp3) is 0.273. The average molecular weight is 362 g/mol. The number of thiazole rings is 1. The zero-order valence-corrected chi connectivity index (χ0v) is 16.1. The van der Waals surface area contributed by atoms with Crippen molar-refractivity contribution in [1.29, 1.82) is 0 Å². The zero-order valence-electron chi connectivity index (χ0n) is 15.3. The van der Waals surface area contributed by atoms with E-state index in [2.05, 4.69) is 55.2 Å². The van der Waals surface area contributed by atoms with Crippen LogP contribution in [0, 0.1) is 0 Å². The van der Waals surface area contributed by atoms with Gasteiger partial charge in [-0.15, -0.1) is 0 Å². The van der Waals surface area contributed by atoms with Crippen LogP contribution in [-0.4, -0.2) is 18.3 Å². The highest BCUT2D eigenvalue weighted by Gasteiger charge is 2.21. The lowest BCUT2D eigenvalue weighted by Crippen LogP contribution is -2.02. The Morgan fingerprint density at radius 3 is 2.65 bits per heavy atom. The minimum Gasteiger partial charge on any atom is -0.497 e. The predicted molar refractivity (Wildman–Crippen MR) is 109 cm³/mol. The van der Waals surface area contributed by atoms with Gasteiger partial charge in [0.2, 0.25) is 5.13 Å². The van der Waals surface area contributed by atoms with Crippen molar-refractivity contribution in [2.75, 3.05) is 7.11 Å². The first-order valence-corrected chi connectivity index (χ1v) is 9.76. The van der Waals surface area contributed by atoms with Gasteiger partial charge < -0.3 is 4.74 Å². The van der Waals surface area contributed by atoms with Gasteiger partial charge in [-0.05, 0) is 53.6 Å². The number of fused-ring (bicyclic) bond motifs is 3. The molecule has 0 radical (unpaired) electrons. The van der Waals surface area contributed by atoms with E-state index in [1.165, 1.54) is 21.6 Å². The number of nitrogens with zero attached hydrogens (tertiary/aromatic N) is 2. The Morgan fingerprint density at radius 2 is 1.92 bits per heavy atom. The van der Waals surface area contributed by atoms with Crippen LogP contribution in [-0.2, 0) is 12.8 Å². The smallest absolute Gasteiger partial charge is 0.209 e. The van der Waals surface area contributed by atoms with Gasteiger partial charge in [0.1, 0.15) is 5.75 Å². The monoisotopic (exact) mass is 362 g/mol. The number of methoxy groups -OCH3 is 1. The number of aryl methyl sites for hydroxylation is 2. The summed E-state index contributed by atoms with van der Waals surface area (Å²) in [5.74, 6) is 1.45. The molecule has 0 spiro atoms. The van der Waals surface area contributed by atoms with Crippen LogP contribution in [0.15, 0.2) is 47.5 Å². The van der Waals surface area contributed by atoms with Crippen LogP contribution in [0.2, 0.25) is 0 Å². The zero-order chi connectivity index (χ0) is 18.1. The van der Waals surface area contributed by atoms with Gasteiger partial charge in [-0.3, -0.25) is 0 Å². The third-order valence-corrected chi connectivity index (χ3v) is 5.83. The molecule has 0 bridgehead atoms. The summed E-state index contributed by atoms with van der Waals surface area (Å²) >= 11 is 1.70. The van der Waals surface area contributed by atoms with E-state index in [1.54, 1.807) is 18.4 Å². The molecular weight excluding hydrogens is 340 g/mol. The van der Waals surface area contributed by atoms with Crippen LogP contribution < -0.4 is 4.74 Å². The number of hydrogen-bond acceptors (Lipinski definition) is 4. The quantitative estimate of drug-likeness (QED) is 0.550. The van der Waals surface area contributed by atoms with Crippen LogP contribution in [0.25, 0.3) is 11.3 Å². The van der Waals surface area contributed by atoms with E-state index in [0.29, 0.717) is 5.92 Å². The Balaban J connectivity index is 1.59. The molecule has 0 saturated heterocycles. The van der Waals surface area contributed by atoms with Crippen LogP contribution in [0.3, 0.4) is 0 Å². The van der Waals surface area contributed by atoms with Crippen molar-refractivity contribution < 1.29 is 4.74 Å². The van der Waals surface area contributed by atoms with E-state index in [1.807, 2.05) is 12.3 Å². The summed E-state index contributed by atoms with van der Waals surface area (Å²) in [6, 6.07) is 14.8. The molecular formula is C22H22N2OS. The lowest BCUT2D eigenvalue weighted by molar-refractivity contribution is 0.414. The molecule has 26 heavy (non-hydrogen) atoms. The Labute approximate surface area is 158 Å². The Morgan fingerprint density at radius 1 is 1.12 bits per heavy atom. The van der Waals surface area contributed by atoms with Crippen molar-refractivity contribution in [2.24, 2.45) is 4.99 Å². The third-order valence-electron chi connectivity index (χ3n) is 4.80. The van der Waals surface area contributed by atoms with Crippen molar-refractivity contribution >= 4 is 22.7 Å². The molecule has 3 nitrogen and oxygen atoms in total. The predicted octanol–water partition coefficient (Wildman–Crippen LogP) is 5.79.